The summed E-state index contributed by atoms with van der Waals surface area (Å²) in [5, 5.41) is 0. The first-order valence-electron chi connectivity index (χ1n) is 3.86. The predicted molar refractivity (Wildman–Crippen MR) is 47.5 cm³/mol. The van der Waals surface area contributed by atoms with E-state index in [-0.39, 0.29) is 11.2 Å². The Kier molecular flexibility index (Phi) is 2.15. The third kappa shape index (κ3) is 1.57. The molecule has 1 nitrogen and oxygen atoms in total. The Morgan fingerprint density at radius 1 is 1.18 bits per heavy atom. The molecule has 0 radical (unpaired) electrons. The second-order valence-electron chi connectivity index (χ2n) is 2.54. The highest BCUT2D eigenvalue weighted by molar-refractivity contribution is 7.92. The average molecular weight is 167 g/mol. The Bertz CT molecular complexity index is 216. The van der Waals surface area contributed by atoms with E-state index in [2.05, 4.69) is 24.3 Å². The first-order valence-corrected chi connectivity index (χ1v) is 5.18. The summed E-state index contributed by atoms with van der Waals surface area (Å²) in [6.45, 7) is 0.942. The number of hydrogen-bond donors (Lipinski definition) is 0. The van der Waals surface area contributed by atoms with Crippen molar-refractivity contribution in [3.05, 3.63) is 30.3 Å². The van der Waals surface area contributed by atoms with Crippen LogP contribution in [0.25, 0.3) is 0 Å². The van der Waals surface area contributed by atoms with Gasteiger partial charge in [0.1, 0.15) is 12.4 Å². The van der Waals surface area contributed by atoms with Gasteiger partial charge in [-0.25, -0.2) is 0 Å². The molecular formula is C9H11OS+. The molecule has 1 aliphatic rings. The molecule has 1 fully saturated rings. The molecule has 0 N–H and O–H groups in total. The van der Waals surface area contributed by atoms with Gasteiger partial charge in [0.15, 0.2) is 16.1 Å². The van der Waals surface area contributed by atoms with Gasteiger partial charge >= 0.3 is 0 Å². The maximum absolute atomic E-state index is 5.57. The Balaban J connectivity index is 2.16. The largest absolute Gasteiger partial charge is 0.190 e. The highest BCUT2D eigenvalue weighted by atomic mass is 32.2. The van der Waals surface area contributed by atoms with Crippen molar-refractivity contribution in [3.8, 4) is 0 Å². The summed E-state index contributed by atoms with van der Waals surface area (Å²) in [7, 11) is 0. The summed E-state index contributed by atoms with van der Waals surface area (Å²) in [6, 6.07) is 10.5. The molecule has 1 atom stereocenters. The van der Waals surface area contributed by atoms with Crippen LogP contribution < -0.4 is 0 Å². The van der Waals surface area contributed by atoms with Crippen molar-refractivity contribution in [1.82, 2.24) is 0 Å². The number of hydrogen-bond acceptors (Lipinski definition) is 1. The van der Waals surface area contributed by atoms with E-state index in [1.165, 1.54) is 17.1 Å². The fraction of sp³-hybridized carbons (Fsp3) is 0.333. The Morgan fingerprint density at radius 3 is 2.64 bits per heavy atom. The van der Waals surface area contributed by atoms with Crippen molar-refractivity contribution in [3.63, 3.8) is 0 Å². The van der Waals surface area contributed by atoms with Crippen LogP contribution >= 0.6 is 0 Å². The Hall–Kier alpha value is -0.470. The van der Waals surface area contributed by atoms with E-state index >= 15 is 0 Å². The van der Waals surface area contributed by atoms with Crippen molar-refractivity contribution < 1.29 is 4.18 Å². The smallest absolute Gasteiger partial charge is 0.168 e. The van der Waals surface area contributed by atoms with Crippen LogP contribution in [0.4, 0.5) is 0 Å². The van der Waals surface area contributed by atoms with E-state index in [9.17, 15) is 0 Å². The van der Waals surface area contributed by atoms with Crippen LogP contribution in [0.3, 0.4) is 0 Å². The Morgan fingerprint density at radius 2 is 2.00 bits per heavy atom. The van der Waals surface area contributed by atoms with Gasteiger partial charge in [-0.3, -0.25) is 0 Å². The van der Waals surface area contributed by atoms with Gasteiger partial charge in [0.05, 0.1) is 0 Å². The lowest BCUT2D eigenvalue weighted by atomic mass is 10.4. The van der Waals surface area contributed by atoms with Gasteiger partial charge in [-0.2, -0.15) is 4.18 Å². The van der Waals surface area contributed by atoms with Gasteiger partial charge in [-0.1, -0.05) is 18.2 Å². The first-order chi connectivity index (χ1) is 5.47. The highest BCUT2D eigenvalue weighted by Gasteiger charge is 2.28. The molecule has 1 aromatic rings. The minimum Gasteiger partial charge on any atom is -0.168 e. The topological polar surface area (TPSA) is 9.23 Å². The SMILES string of the molecule is c1ccc([S+]2CCCO2)cc1. The number of benzene rings is 1. The molecule has 58 valence electrons. The van der Waals surface area contributed by atoms with Crippen LogP contribution in [0.2, 0.25) is 0 Å². The normalized spacial score (nSPS) is 23.8. The third-order valence-corrected chi connectivity index (χ3v) is 3.61. The quantitative estimate of drug-likeness (QED) is 0.581. The zero-order valence-electron chi connectivity index (χ0n) is 6.32. The van der Waals surface area contributed by atoms with Crippen LogP contribution in [0.1, 0.15) is 6.42 Å². The molecule has 2 rings (SSSR count). The van der Waals surface area contributed by atoms with Gasteiger partial charge in [-0.05, 0) is 12.1 Å². The highest BCUT2D eigenvalue weighted by Crippen LogP contribution is 2.20. The standard InChI is InChI=1S/C9H11OS/c1-2-5-9(6-3-1)11-8-4-7-10-11/h1-3,5-6H,4,7-8H2/q+1. The fourth-order valence-corrected chi connectivity index (χ4v) is 2.82. The average Bonchev–Trinajstić information content (AvgIpc) is 2.58. The molecule has 0 aromatic heterocycles. The lowest BCUT2D eigenvalue weighted by Crippen LogP contribution is -2.01. The lowest BCUT2D eigenvalue weighted by Gasteiger charge is -1.94. The van der Waals surface area contributed by atoms with Crippen molar-refractivity contribution >= 4 is 11.2 Å². The van der Waals surface area contributed by atoms with Gasteiger partial charge in [0, 0.05) is 6.42 Å². The molecule has 2 heteroatoms. The molecule has 0 bridgehead atoms. The second-order valence-corrected chi connectivity index (χ2v) is 4.34. The van der Waals surface area contributed by atoms with Crippen molar-refractivity contribution in [1.29, 1.82) is 0 Å². The molecule has 1 heterocycles. The summed E-state index contributed by atoms with van der Waals surface area (Å²) in [5.74, 6) is 1.21. The van der Waals surface area contributed by atoms with Crippen LogP contribution in [0.15, 0.2) is 35.2 Å². The van der Waals surface area contributed by atoms with Gasteiger partial charge in [-0.15, -0.1) is 0 Å². The monoisotopic (exact) mass is 167 g/mol. The second kappa shape index (κ2) is 3.28. The fourth-order valence-electron chi connectivity index (χ4n) is 1.17. The zero-order valence-corrected chi connectivity index (χ0v) is 7.14. The van der Waals surface area contributed by atoms with Gasteiger partial charge in [0.2, 0.25) is 0 Å². The van der Waals surface area contributed by atoms with E-state index in [0.717, 1.165) is 6.61 Å². The zero-order chi connectivity index (χ0) is 7.52. The maximum atomic E-state index is 5.57. The van der Waals surface area contributed by atoms with Crippen molar-refractivity contribution in [2.24, 2.45) is 0 Å². The maximum Gasteiger partial charge on any atom is 0.190 e. The minimum absolute atomic E-state index is 0.109. The predicted octanol–water partition coefficient (Wildman–Crippen LogP) is 2.00. The van der Waals surface area contributed by atoms with Gasteiger partial charge in [0.25, 0.3) is 0 Å². The molecule has 0 spiro atoms. The third-order valence-electron chi connectivity index (χ3n) is 1.71. The molecular weight excluding hydrogens is 156 g/mol. The van der Waals surface area contributed by atoms with E-state index in [0.29, 0.717) is 0 Å². The van der Waals surface area contributed by atoms with Crippen molar-refractivity contribution in [2.75, 3.05) is 12.4 Å². The van der Waals surface area contributed by atoms with Crippen LogP contribution in [-0.4, -0.2) is 12.4 Å². The molecule has 0 saturated carbocycles. The summed E-state index contributed by atoms with van der Waals surface area (Å²) < 4.78 is 5.57. The molecule has 1 aromatic carbocycles. The van der Waals surface area contributed by atoms with E-state index in [4.69, 9.17) is 4.18 Å². The van der Waals surface area contributed by atoms with E-state index in [1.807, 2.05) is 6.07 Å². The summed E-state index contributed by atoms with van der Waals surface area (Å²) in [5.41, 5.74) is 0. The molecule has 1 unspecified atom stereocenters. The number of rotatable bonds is 1. The van der Waals surface area contributed by atoms with Crippen LogP contribution in [0, 0.1) is 0 Å². The summed E-state index contributed by atoms with van der Waals surface area (Å²) in [6.07, 6.45) is 1.22. The van der Waals surface area contributed by atoms with Crippen molar-refractivity contribution in [2.45, 2.75) is 11.3 Å². The molecule has 1 saturated heterocycles. The molecule has 1 aliphatic heterocycles. The molecule has 11 heavy (non-hydrogen) atoms. The first kappa shape index (κ1) is 7.19. The molecule has 0 amide bonds. The van der Waals surface area contributed by atoms with Crippen LogP contribution in [-0.2, 0) is 15.4 Å². The minimum atomic E-state index is 0.109. The van der Waals surface area contributed by atoms with E-state index in [1.54, 1.807) is 0 Å². The summed E-state index contributed by atoms with van der Waals surface area (Å²) >= 11 is 0.109. The lowest BCUT2D eigenvalue weighted by molar-refractivity contribution is 0.394. The molecule has 0 aliphatic carbocycles. The van der Waals surface area contributed by atoms with E-state index < -0.39 is 0 Å². The van der Waals surface area contributed by atoms with Crippen LogP contribution in [0.5, 0.6) is 0 Å². The summed E-state index contributed by atoms with van der Waals surface area (Å²) in [4.78, 5) is 1.35. The Labute approximate surface area is 69.9 Å². The van der Waals surface area contributed by atoms with Gasteiger partial charge < -0.3 is 0 Å².